The van der Waals surface area contributed by atoms with Crippen molar-refractivity contribution in [3.05, 3.63) is 77.0 Å². The summed E-state index contributed by atoms with van der Waals surface area (Å²) in [5.41, 5.74) is 15.2. The number of aryl methyl sites for hydroxylation is 2. The van der Waals surface area contributed by atoms with E-state index in [9.17, 15) is 19.6 Å². The van der Waals surface area contributed by atoms with Crippen LogP contribution in [0.1, 0.15) is 39.9 Å². The van der Waals surface area contributed by atoms with E-state index < -0.39 is 23.8 Å². The van der Waals surface area contributed by atoms with Gasteiger partial charge in [0.2, 0.25) is 11.9 Å². The highest BCUT2D eigenvalue weighted by atomic mass is 16.5. The van der Waals surface area contributed by atoms with Gasteiger partial charge in [0.05, 0.1) is 23.7 Å². The monoisotopic (exact) mass is 540 g/mol. The maximum atomic E-state index is 12.9. The molecular formula is C28H28N8O4. The van der Waals surface area contributed by atoms with Gasteiger partial charge in [0, 0.05) is 18.2 Å². The highest BCUT2D eigenvalue weighted by Gasteiger charge is 2.23. The Bertz CT molecular complexity index is 1590. The molecule has 0 aliphatic heterocycles. The molecule has 0 aliphatic carbocycles. The van der Waals surface area contributed by atoms with E-state index in [1.165, 1.54) is 7.11 Å². The molecule has 0 unspecified atom stereocenters. The number of H-pyrrole nitrogens is 1. The van der Waals surface area contributed by atoms with Crippen molar-refractivity contribution in [3.63, 3.8) is 0 Å². The van der Waals surface area contributed by atoms with E-state index in [0.717, 1.165) is 16.5 Å². The summed E-state index contributed by atoms with van der Waals surface area (Å²) >= 11 is 0. The number of nitrogens with one attached hydrogen (secondary N) is 3. The Hall–Kier alpha value is -5.44. The molecule has 0 bridgehead atoms. The van der Waals surface area contributed by atoms with Gasteiger partial charge >= 0.3 is 5.97 Å². The molecule has 1 atom stereocenters. The van der Waals surface area contributed by atoms with Crippen LogP contribution in [-0.4, -0.2) is 45.9 Å². The minimum absolute atomic E-state index is 0.0141. The molecule has 4 aromatic rings. The molecule has 4 rings (SSSR count). The first kappa shape index (κ1) is 27.6. The van der Waals surface area contributed by atoms with Gasteiger partial charge in [-0.1, -0.05) is 24.3 Å². The summed E-state index contributed by atoms with van der Waals surface area (Å²) in [6.07, 6.45) is 3.10. The van der Waals surface area contributed by atoms with Crippen LogP contribution in [0.25, 0.3) is 11.0 Å². The molecule has 2 aromatic heterocycles. The zero-order valence-corrected chi connectivity index (χ0v) is 21.7. The largest absolute Gasteiger partial charge is 0.467 e. The average molecular weight is 541 g/mol. The van der Waals surface area contributed by atoms with E-state index in [0.29, 0.717) is 41.1 Å². The molecule has 40 heavy (non-hydrogen) atoms. The van der Waals surface area contributed by atoms with Gasteiger partial charge < -0.3 is 31.8 Å². The lowest BCUT2D eigenvalue weighted by Crippen LogP contribution is -2.42. The van der Waals surface area contributed by atoms with Gasteiger partial charge in [0.25, 0.3) is 5.91 Å². The number of amides is 2. The molecule has 0 aliphatic rings. The number of benzene rings is 2. The molecule has 0 saturated carbocycles. The van der Waals surface area contributed by atoms with Crippen LogP contribution in [0, 0.1) is 11.3 Å². The number of aromatic nitrogens is 3. The summed E-state index contributed by atoms with van der Waals surface area (Å²) in [7, 11) is 1.21. The fourth-order valence-corrected chi connectivity index (χ4v) is 4.25. The summed E-state index contributed by atoms with van der Waals surface area (Å²) in [6, 6.07) is 14.5. The number of hydrogen-bond acceptors (Lipinski definition) is 9. The van der Waals surface area contributed by atoms with E-state index in [-0.39, 0.29) is 18.8 Å². The average Bonchev–Trinajstić information content (AvgIpc) is 3.37. The Kier molecular flexibility index (Phi) is 8.55. The van der Waals surface area contributed by atoms with E-state index in [1.54, 1.807) is 36.4 Å². The molecule has 2 heterocycles. The molecule has 2 amide bonds. The van der Waals surface area contributed by atoms with Gasteiger partial charge in [0.1, 0.15) is 23.6 Å². The van der Waals surface area contributed by atoms with Crippen molar-refractivity contribution in [2.24, 2.45) is 0 Å². The summed E-state index contributed by atoms with van der Waals surface area (Å²) < 4.78 is 4.81. The molecule has 12 heteroatoms. The van der Waals surface area contributed by atoms with Crippen LogP contribution in [0.15, 0.2) is 54.7 Å². The number of fused-ring (bicyclic) bond motifs is 1. The fraction of sp³-hybridized carbons (Fsp3) is 0.214. The van der Waals surface area contributed by atoms with Gasteiger partial charge in [-0.2, -0.15) is 15.2 Å². The number of anilines is 3. The molecule has 12 nitrogen and oxygen atoms in total. The number of nitrogens with zero attached hydrogens (tertiary/aromatic N) is 3. The number of esters is 1. The second kappa shape index (κ2) is 12.4. The summed E-state index contributed by atoms with van der Waals surface area (Å²) in [4.78, 5) is 48.8. The van der Waals surface area contributed by atoms with Crippen molar-refractivity contribution in [3.8, 4) is 6.07 Å². The number of carbonyl (C=O) groups is 3. The van der Waals surface area contributed by atoms with Crippen molar-refractivity contribution in [2.75, 3.05) is 23.9 Å². The summed E-state index contributed by atoms with van der Waals surface area (Å²) in [6.45, 7) is 0. The number of nitrogens with two attached hydrogens (primary N) is 2. The van der Waals surface area contributed by atoms with Crippen LogP contribution in [-0.2, 0) is 27.2 Å². The smallest absolute Gasteiger partial charge is 0.328 e. The topological polar surface area (TPSA) is 202 Å². The van der Waals surface area contributed by atoms with Crippen molar-refractivity contribution >= 4 is 46.3 Å². The third-order valence-electron chi connectivity index (χ3n) is 6.33. The van der Waals surface area contributed by atoms with E-state index in [2.05, 4.69) is 25.6 Å². The normalized spacial score (nSPS) is 11.4. The number of hydrogen-bond donors (Lipinski definition) is 5. The second-order valence-electron chi connectivity index (χ2n) is 8.99. The molecule has 7 N–H and O–H groups in total. The molecular weight excluding hydrogens is 512 g/mol. The Morgan fingerprint density at radius 3 is 2.55 bits per heavy atom. The van der Waals surface area contributed by atoms with Crippen LogP contribution < -0.4 is 22.1 Å². The van der Waals surface area contributed by atoms with Crippen molar-refractivity contribution < 1.29 is 19.1 Å². The molecule has 0 fully saturated rings. The fourth-order valence-electron chi connectivity index (χ4n) is 4.25. The van der Waals surface area contributed by atoms with E-state index in [1.807, 2.05) is 24.4 Å². The molecule has 204 valence electrons. The van der Waals surface area contributed by atoms with E-state index in [4.69, 9.17) is 16.2 Å². The minimum Gasteiger partial charge on any atom is -0.467 e. The molecule has 2 aromatic carbocycles. The highest BCUT2D eigenvalue weighted by Crippen LogP contribution is 2.24. The minimum atomic E-state index is -1.03. The Balaban J connectivity index is 1.34. The first-order chi connectivity index (χ1) is 19.3. The van der Waals surface area contributed by atoms with Gasteiger partial charge in [-0.05, 0) is 54.7 Å². The lowest BCUT2D eigenvalue weighted by Gasteiger charge is -2.17. The lowest BCUT2D eigenvalue weighted by atomic mass is 10.0. The zero-order valence-electron chi connectivity index (χ0n) is 21.7. The number of carbonyl (C=O) groups excluding carboxylic acids is 3. The van der Waals surface area contributed by atoms with E-state index >= 15 is 0 Å². The quantitative estimate of drug-likeness (QED) is 0.187. The van der Waals surface area contributed by atoms with Crippen LogP contribution in [0.4, 0.5) is 17.5 Å². The molecule has 0 spiro atoms. The number of ether oxygens (including phenoxy) is 1. The number of aromatic amines is 1. The standard InChI is InChI=1S/C28H28N8O4/c1-40-27(39)21(12-13-22(37)33-20-5-3-2-4-18(20)14-29)34-26(38)17-9-6-16(7-10-17)8-11-19-15-32-25-23(19)24(30)35-28(31)36-25/h2-7,9-10,15,21H,8,11-13H2,1H3,(H,33,37)(H,34,38)(H5,30,31,32,35,36)/t21-/m0/s1. The van der Waals surface area contributed by atoms with Gasteiger partial charge in [-0.3, -0.25) is 9.59 Å². The van der Waals surface area contributed by atoms with Crippen LogP contribution >= 0.6 is 0 Å². The Morgan fingerprint density at radius 2 is 1.82 bits per heavy atom. The second-order valence-corrected chi connectivity index (χ2v) is 8.99. The molecule has 0 saturated heterocycles. The number of nitriles is 1. The van der Waals surface area contributed by atoms with Crippen molar-refractivity contribution in [1.82, 2.24) is 20.3 Å². The first-order valence-corrected chi connectivity index (χ1v) is 12.4. The summed E-state index contributed by atoms with van der Waals surface area (Å²) in [5, 5.41) is 15.2. The number of nitrogen functional groups attached to an aromatic ring is 2. The Labute approximate surface area is 229 Å². The maximum Gasteiger partial charge on any atom is 0.328 e. The highest BCUT2D eigenvalue weighted by molar-refractivity contribution is 5.97. The third-order valence-corrected chi connectivity index (χ3v) is 6.33. The lowest BCUT2D eigenvalue weighted by molar-refractivity contribution is -0.143. The van der Waals surface area contributed by atoms with Crippen molar-refractivity contribution in [1.29, 1.82) is 5.26 Å². The number of methoxy groups -OCH3 is 1. The van der Waals surface area contributed by atoms with Crippen LogP contribution in [0.2, 0.25) is 0 Å². The number of rotatable bonds is 10. The Morgan fingerprint density at radius 1 is 1.07 bits per heavy atom. The van der Waals surface area contributed by atoms with Gasteiger partial charge in [-0.25, -0.2) is 4.79 Å². The SMILES string of the molecule is COC(=O)[C@H](CCC(=O)Nc1ccccc1C#N)NC(=O)c1ccc(CCc2c[nH]c3nc(N)nc(N)c23)cc1. The molecule has 0 radical (unpaired) electrons. The predicted molar refractivity (Wildman–Crippen MR) is 149 cm³/mol. The van der Waals surface area contributed by atoms with Crippen molar-refractivity contribution in [2.45, 2.75) is 31.7 Å². The van der Waals surface area contributed by atoms with Gasteiger partial charge in [-0.15, -0.1) is 0 Å². The predicted octanol–water partition coefficient (Wildman–Crippen LogP) is 2.47. The number of para-hydroxylation sites is 1. The first-order valence-electron chi connectivity index (χ1n) is 12.4. The zero-order chi connectivity index (χ0) is 28.6. The third kappa shape index (κ3) is 6.51. The van der Waals surface area contributed by atoms with Crippen LogP contribution in [0.3, 0.4) is 0 Å². The maximum absolute atomic E-state index is 12.9. The van der Waals surface area contributed by atoms with Gasteiger partial charge in [0.15, 0.2) is 0 Å². The van der Waals surface area contributed by atoms with Crippen LogP contribution in [0.5, 0.6) is 0 Å². The summed E-state index contributed by atoms with van der Waals surface area (Å²) in [5.74, 6) is -1.13.